The summed E-state index contributed by atoms with van der Waals surface area (Å²) in [5.74, 6) is -2.37. The number of benzene rings is 1. The van der Waals surface area contributed by atoms with Gasteiger partial charge in [-0.2, -0.15) is 18.3 Å². The number of aryl methyl sites for hydroxylation is 1. The summed E-state index contributed by atoms with van der Waals surface area (Å²) in [6.07, 6.45) is 3.73. The highest BCUT2D eigenvalue weighted by Crippen LogP contribution is 2.42. The smallest absolute Gasteiger partial charge is 0.400 e. The van der Waals surface area contributed by atoms with Crippen LogP contribution in [0.1, 0.15) is 30.5 Å². The lowest BCUT2D eigenvalue weighted by Gasteiger charge is -2.26. The maximum absolute atomic E-state index is 13.0. The Morgan fingerprint density at radius 2 is 1.92 bits per heavy atom. The van der Waals surface area contributed by atoms with Gasteiger partial charge in [0.2, 0.25) is 5.91 Å². The van der Waals surface area contributed by atoms with Crippen LogP contribution in [0.2, 0.25) is 0 Å². The molecular formula is C25H26F3N7O2. The van der Waals surface area contributed by atoms with Crippen molar-refractivity contribution in [1.29, 1.82) is 10.8 Å². The number of aliphatic hydroxyl groups excluding tert-OH is 1. The first-order valence-corrected chi connectivity index (χ1v) is 11.0. The molecule has 0 spiro atoms. The van der Waals surface area contributed by atoms with Crippen molar-refractivity contribution in [3.05, 3.63) is 77.1 Å². The van der Waals surface area contributed by atoms with Gasteiger partial charge < -0.3 is 21.1 Å². The van der Waals surface area contributed by atoms with Crippen molar-refractivity contribution in [1.82, 2.24) is 20.4 Å². The normalized spacial score (nSPS) is 15.5. The molecule has 0 aliphatic carbocycles. The van der Waals surface area contributed by atoms with E-state index in [1.54, 1.807) is 54.6 Å². The Hall–Kier alpha value is -4.48. The Kier molecular flexibility index (Phi) is 7.80. The van der Waals surface area contributed by atoms with Gasteiger partial charge in [0.1, 0.15) is 17.0 Å². The average molecular weight is 514 g/mol. The molecule has 1 aromatic heterocycles. The van der Waals surface area contributed by atoms with E-state index in [4.69, 9.17) is 10.8 Å². The van der Waals surface area contributed by atoms with E-state index in [0.717, 1.165) is 19.4 Å². The number of amides is 1. The van der Waals surface area contributed by atoms with Gasteiger partial charge in [-0.05, 0) is 25.0 Å². The van der Waals surface area contributed by atoms with Crippen LogP contribution in [0.25, 0.3) is 11.3 Å². The molecular weight excluding hydrogens is 487 g/mol. The predicted molar refractivity (Wildman–Crippen MR) is 135 cm³/mol. The van der Waals surface area contributed by atoms with Crippen LogP contribution in [0.5, 0.6) is 0 Å². The molecule has 5 N–H and O–H groups in total. The van der Waals surface area contributed by atoms with Crippen LogP contribution in [0.3, 0.4) is 0 Å². The van der Waals surface area contributed by atoms with Gasteiger partial charge >= 0.3 is 6.18 Å². The topological polar surface area (TPSA) is 139 Å². The summed E-state index contributed by atoms with van der Waals surface area (Å²) >= 11 is 0. The quantitative estimate of drug-likeness (QED) is 0.216. The molecule has 0 saturated heterocycles. The van der Waals surface area contributed by atoms with Gasteiger partial charge in [0.25, 0.3) is 0 Å². The molecule has 0 saturated carbocycles. The Labute approximate surface area is 211 Å². The molecule has 2 heterocycles. The third kappa shape index (κ3) is 6.40. The number of nitrogens with zero attached hydrogens (tertiary/aromatic N) is 3. The second kappa shape index (κ2) is 10.6. The molecule has 1 amide bonds. The van der Waals surface area contributed by atoms with E-state index < -0.39 is 29.1 Å². The molecule has 12 heteroatoms. The van der Waals surface area contributed by atoms with Crippen molar-refractivity contribution >= 4 is 35.4 Å². The van der Waals surface area contributed by atoms with Crippen molar-refractivity contribution in [3.63, 3.8) is 0 Å². The summed E-state index contributed by atoms with van der Waals surface area (Å²) in [6, 6.07) is 6.77. The molecule has 37 heavy (non-hydrogen) atoms. The summed E-state index contributed by atoms with van der Waals surface area (Å²) in [5.41, 5.74) is 1.42. The number of carbonyl (C=O) groups excluding carboxylic acids is 1. The van der Waals surface area contributed by atoms with Crippen LogP contribution in [0.15, 0.2) is 65.4 Å². The minimum atomic E-state index is -4.72. The molecule has 0 radical (unpaired) electrons. The highest BCUT2D eigenvalue weighted by molar-refractivity contribution is 6.15. The summed E-state index contributed by atoms with van der Waals surface area (Å²) in [5, 5.41) is 34.7. The number of carbonyl (C=O) groups is 1. The molecule has 0 bridgehead atoms. The number of nitrogens with one attached hydrogen (secondary N) is 4. The Balaban J connectivity index is 1.65. The van der Waals surface area contributed by atoms with Crippen LogP contribution in [0, 0.1) is 16.2 Å². The van der Waals surface area contributed by atoms with Crippen LogP contribution in [-0.4, -0.2) is 45.2 Å². The Morgan fingerprint density at radius 3 is 2.43 bits per heavy atom. The lowest BCUT2D eigenvalue weighted by Crippen LogP contribution is -2.36. The number of rotatable bonds is 7. The molecule has 194 valence electrons. The van der Waals surface area contributed by atoms with Gasteiger partial charge in [0.15, 0.2) is 0 Å². The zero-order chi connectivity index (χ0) is 27.4. The lowest BCUT2D eigenvalue weighted by atomic mass is 9.89. The summed E-state index contributed by atoms with van der Waals surface area (Å²) in [4.78, 5) is 16.7. The summed E-state index contributed by atoms with van der Waals surface area (Å²) < 4.78 is 40.7. The summed E-state index contributed by atoms with van der Waals surface area (Å²) in [7, 11) is 1.81. The lowest BCUT2D eigenvalue weighted by molar-refractivity contribution is -0.206. The summed E-state index contributed by atoms with van der Waals surface area (Å²) in [6.45, 7) is 1.55. The van der Waals surface area contributed by atoms with Gasteiger partial charge in [-0.1, -0.05) is 24.3 Å². The number of aliphatic imine (C=N–C) groups is 1. The Bertz CT molecular complexity index is 1330. The number of alkyl halides is 3. The van der Waals surface area contributed by atoms with Crippen LogP contribution in [-0.2, 0) is 18.3 Å². The van der Waals surface area contributed by atoms with Gasteiger partial charge in [-0.15, -0.1) is 0 Å². The van der Waals surface area contributed by atoms with Gasteiger partial charge in [-0.25, -0.2) is 0 Å². The minimum absolute atomic E-state index is 0.145. The van der Waals surface area contributed by atoms with E-state index in [1.807, 2.05) is 6.20 Å². The largest absolute Gasteiger partial charge is 0.511 e. The zero-order valence-corrected chi connectivity index (χ0v) is 20.3. The minimum Gasteiger partial charge on any atom is -0.511 e. The third-order valence-electron chi connectivity index (χ3n) is 5.67. The average Bonchev–Trinajstić information content (AvgIpc) is 3.26. The van der Waals surface area contributed by atoms with Gasteiger partial charge in [0, 0.05) is 42.9 Å². The van der Waals surface area contributed by atoms with Crippen LogP contribution in [0.4, 0.5) is 13.2 Å². The first-order chi connectivity index (χ1) is 17.3. The fourth-order valence-electron chi connectivity index (χ4n) is 3.21. The Morgan fingerprint density at radius 1 is 1.24 bits per heavy atom. The third-order valence-corrected chi connectivity index (χ3v) is 5.67. The molecule has 0 atom stereocenters. The zero-order valence-electron chi connectivity index (χ0n) is 20.3. The molecule has 1 aliphatic heterocycles. The first-order valence-electron chi connectivity index (χ1n) is 11.0. The highest BCUT2D eigenvalue weighted by Gasteiger charge is 2.50. The predicted octanol–water partition coefficient (Wildman–Crippen LogP) is 4.12. The van der Waals surface area contributed by atoms with Crippen molar-refractivity contribution in [3.8, 4) is 0 Å². The maximum Gasteiger partial charge on any atom is 0.400 e. The number of aliphatic hydroxyl groups is 1. The molecule has 1 aliphatic rings. The first kappa shape index (κ1) is 27.1. The molecule has 0 fully saturated rings. The van der Waals surface area contributed by atoms with Crippen molar-refractivity contribution < 1.29 is 23.1 Å². The van der Waals surface area contributed by atoms with E-state index in [9.17, 15) is 23.1 Å². The number of halogens is 3. The molecule has 2 aromatic rings. The second-order valence-corrected chi connectivity index (χ2v) is 8.79. The van der Waals surface area contributed by atoms with Crippen molar-refractivity contribution in [2.75, 3.05) is 0 Å². The number of aromatic nitrogens is 2. The number of allylic oxidation sites excluding steroid dienone is 3. The fraction of sp³-hybridized carbons (Fsp3) is 0.240. The van der Waals surface area contributed by atoms with E-state index in [2.05, 4.69) is 20.7 Å². The van der Waals surface area contributed by atoms with Gasteiger partial charge in [-0.3, -0.25) is 19.9 Å². The molecule has 9 nitrogen and oxygen atoms in total. The number of hydrogen-bond donors (Lipinski definition) is 5. The molecule has 3 rings (SSSR count). The molecule has 0 unspecified atom stereocenters. The fourth-order valence-corrected chi connectivity index (χ4v) is 3.21. The van der Waals surface area contributed by atoms with Crippen LogP contribution < -0.4 is 10.6 Å². The monoisotopic (exact) mass is 513 g/mol. The van der Waals surface area contributed by atoms with Crippen LogP contribution >= 0.6 is 0 Å². The van der Waals surface area contributed by atoms with E-state index in [1.165, 1.54) is 6.21 Å². The van der Waals surface area contributed by atoms with E-state index in [0.29, 0.717) is 34.2 Å². The van der Waals surface area contributed by atoms with E-state index in [-0.39, 0.29) is 6.42 Å². The van der Waals surface area contributed by atoms with Crippen molar-refractivity contribution in [2.24, 2.45) is 17.5 Å². The maximum atomic E-state index is 13.0. The molecule has 1 aromatic carbocycles. The highest BCUT2D eigenvalue weighted by atomic mass is 19.4. The standard InChI is InChI=1S/C25H26F3N7O2/c1-24(2,25(26,27)28)21(36)9-22(30)34-23(37)8-15-4-6-16(7-5-15)18(10-29)20-13-31-19(12-32-20)17-11-33-35(3)14-17/h4-7,9-14,29,32,36H,8H2,1-3H3,(H2,30,34,37)/b20-18+,21-9-,29-10?. The van der Waals surface area contributed by atoms with Crippen molar-refractivity contribution in [2.45, 2.75) is 26.4 Å². The number of hydrogen-bond acceptors (Lipinski definition) is 7. The van der Waals surface area contributed by atoms with Gasteiger partial charge in [0.05, 0.1) is 30.2 Å². The van der Waals surface area contributed by atoms with E-state index >= 15 is 0 Å². The number of amidine groups is 1. The second-order valence-electron chi connectivity index (χ2n) is 8.79. The SMILES string of the molecule is Cn1cc(C2=CN/C(=C(\C=N)c3ccc(CC(=O)NC(=N)/C=C(\O)C(C)(C)C(F)(F)F)cc3)C=N2)cn1.